The van der Waals surface area contributed by atoms with E-state index in [1.807, 2.05) is 0 Å². The Morgan fingerprint density at radius 2 is 1.00 bits per heavy atom. The molecule has 4 nitrogen and oxygen atoms in total. The molecule has 0 fully saturated rings. The first-order chi connectivity index (χ1) is 12.3. The fraction of sp³-hybridized carbons (Fsp3) is 0.905. The van der Waals surface area contributed by atoms with Crippen LogP contribution in [0.1, 0.15) is 109 Å². The van der Waals surface area contributed by atoms with Crippen LogP contribution < -0.4 is 0 Å². The standard InChI is InChI=1S/C21H40O4/c1-24-21(23)18-16-14-12-10-8-6-4-2-3-5-7-9-11-13-15-17-19-25-20-22/h20H,2-19H2,1H3. The maximum atomic E-state index is 11.0. The first-order valence-corrected chi connectivity index (χ1v) is 10.4. The first-order valence-electron chi connectivity index (χ1n) is 10.4. The number of carbonyl (C=O) groups excluding carboxylic acids is 2. The molecule has 0 aromatic carbocycles. The van der Waals surface area contributed by atoms with Crippen LogP contribution in [-0.2, 0) is 19.1 Å². The predicted octanol–water partition coefficient (Wildman–Crippen LogP) is 5.96. The quantitative estimate of drug-likeness (QED) is 0.153. The Morgan fingerprint density at radius 3 is 1.36 bits per heavy atom. The summed E-state index contributed by atoms with van der Waals surface area (Å²) in [6.07, 6.45) is 20.9. The minimum Gasteiger partial charge on any atom is -0.469 e. The van der Waals surface area contributed by atoms with Gasteiger partial charge in [0.25, 0.3) is 6.47 Å². The molecule has 0 rings (SSSR count). The van der Waals surface area contributed by atoms with Gasteiger partial charge in [0.15, 0.2) is 0 Å². The lowest BCUT2D eigenvalue weighted by Gasteiger charge is -2.04. The van der Waals surface area contributed by atoms with E-state index in [0.29, 0.717) is 19.5 Å². The number of methoxy groups -OCH3 is 1. The first kappa shape index (κ1) is 23.9. The van der Waals surface area contributed by atoms with Gasteiger partial charge in [-0.1, -0.05) is 89.9 Å². The fourth-order valence-electron chi connectivity index (χ4n) is 3.08. The van der Waals surface area contributed by atoms with Gasteiger partial charge in [0.05, 0.1) is 13.7 Å². The number of carbonyl (C=O) groups is 2. The van der Waals surface area contributed by atoms with Gasteiger partial charge in [-0.3, -0.25) is 9.59 Å². The van der Waals surface area contributed by atoms with Crippen LogP contribution in [0.15, 0.2) is 0 Å². The highest BCUT2D eigenvalue weighted by molar-refractivity contribution is 5.68. The van der Waals surface area contributed by atoms with Crippen LogP contribution in [0, 0.1) is 0 Å². The van der Waals surface area contributed by atoms with Crippen molar-refractivity contribution in [2.24, 2.45) is 0 Å². The number of ether oxygens (including phenoxy) is 2. The minimum atomic E-state index is -0.0795. The van der Waals surface area contributed by atoms with E-state index in [0.717, 1.165) is 19.3 Å². The maximum Gasteiger partial charge on any atom is 0.305 e. The molecule has 0 aromatic rings. The number of esters is 1. The van der Waals surface area contributed by atoms with Crippen molar-refractivity contribution in [3.8, 4) is 0 Å². The predicted molar refractivity (Wildman–Crippen MR) is 103 cm³/mol. The highest BCUT2D eigenvalue weighted by atomic mass is 16.5. The van der Waals surface area contributed by atoms with Gasteiger partial charge >= 0.3 is 5.97 Å². The van der Waals surface area contributed by atoms with Crippen molar-refractivity contribution in [3.05, 3.63) is 0 Å². The number of unbranched alkanes of at least 4 members (excludes halogenated alkanes) is 15. The topological polar surface area (TPSA) is 52.6 Å². The van der Waals surface area contributed by atoms with E-state index >= 15 is 0 Å². The minimum absolute atomic E-state index is 0.0795. The molecule has 0 aromatic heterocycles. The lowest BCUT2D eigenvalue weighted by Crippen LogP contribution is -1.99. The van der Waals surface area contributed by atoms with E-state index < -0.39 is 0 Å². The van der Waals surface area contributed by atoms with Gasteiger partial charge in [-0.05, 0) is 12.8 Å². The van der Waals surface area contributed by atoms with Crippen molar-refractivity contribution in [2.45, 2.75) is 109 Å². The molecule has 0 saturated carbocycles. The summed E-state index contributed by atoms with van der Waals surface area (Å²) in [6, 6.07) is 0. The van der Waals surface area contributed by atoms with Crippen molar-refractivity contribution < 1.29 is 19.1 Å². The molecule has 0 amide bonds. The van der Waals surface area contributed by atoms with Gasteiger partial charge in [-0.25, -0.2) is 0 Å². The van der Waals surface area contributed by atoms with E-state index in [4.69, 9.17) is 0 Å². The molecule has 148 valence electrons. The third kappa shape index (κ3) is 20.9. The lowest BCUT2D eigenvalue weighted by atomic mass is 10.0. The van der Waals surface area contributed by atoms with Crippen molar-refractivity contribution in [1.29, 1.82) is 0 Å². The molecule has 0 saturated heterocycles. The lowest BCUT2D eigenvalue weighted by molar-refractivity contribution is -0.140. The third-order valence-electron chi connectivity index (χ3n) is 4.69. The van der Waals surface area contributed by atoms with Gasteiger partial charge in [0.1, 0.15) is 0 Å². The normalized spacial score (nSPS) is 10.6. The molecule has 0 atom stereocenters. The Bertz CT molecular complexity index is 292. The van der Waals surface area contributed by atoms with Crippen LogP contribution in [0.25, 0.3) is 0 Å². The van der Waals surface area contributed by atoms with Crippen LogP contribution in [0.5, 0.6) is 0 Å². The molecule has 0 spiro atoms. The van der Waals surface area contributed by atoms with E-state index in [1.54, 1.807) is 0 Å². The van der Waals surface area contributed by atoms with Gasteiger partial charge in [-0.2, -0.15) is 0 Å². The zero-order chi connectivity index (χ0) is 18.4. The average Bonchev–Trinajstić information content (AvgIpc) is 2.63. The van der Waals surface area contributed by atoms with Crippen LogP contribution in [0.2, 0.25) is 0 Å². The zero-order valence-corrected chi connectivity index (χ0v) is 16.4. The molecule has 0 bridgehead atoms. The van der Waals surface area contributed by atoms with Crippen LogP contribution in [0.4, 0.5) is 0 Å². The largest absolute Gasteiger partial charge is 0.469 e. The fourth-order valence-corrected chi connectivity index (χ4v) is 3.08. The Morgan fingerprint density at radius 1 is 0.640 bits per heavy atom. The van der Waals surface area contributed by atoms with Gasteiger partial charge < -0.3 is 9.47 Å². The second-order valence-electron chi connectivity index (χ2n) is 6.95. The third-order valence-corrected chi connectivity index (χ3v) is 4.69. The van der Waals surface area contributed by atoms with Crippen molar-refractivity contribution >= 4 is 12.4 Å². The second kappa shape index (κ2) is 21.0. The Hall–Kier alpha value is -1.06. The zero-order valence-electron chi connectivity index (χ0n) is 16.4. The van der Waals surface area contributed by atoms with Crippen molar-refractivity contribution in [1.82, 2.24) is 0 Å². The molecule has 4 heteroatoms. The number of hydrogen-bond acceptors (Lipinski definition) is 4. The highest BCUT2D eigenvalue weighted by Gasteiger charge is 1.99. The van der Waals surface area contributed by atoms with Crippen LogP contribution in [0.3, 0.4) is 0 Å². The molecule has 0 heterocycles. The Labute approximate surface area is 155 Å². The van der Waals surface area contributed by atoms with Gasteiger partial charge in [0, 0.05) is 6.42 Å². The Balaban J connectivity index is 3.00. The smallest absolute Gasteiger partial charge is 0.305 e. The summed E-state index contributed by atoms with van der Waals surface area (Å²) in [5.41, 5.74) is 0. The van der Waals surface area contributed by atoms with E-state index in [9.17, 15) is 9.59 Å². The van der Waals surface area contributed by atoms with E-state index in [-0.39, 0.29) is 5.97 Å². The Kier molecular flexibility index (Phi) is 20.1. The summed E-state index contributed by atoms with van der Waals surface area (Å²) < 4.78 is 9.31. The molecule has 0 unspecified atom stereocenters. The molecule has 0 aliphatic heterocycles. The van der Waals surface area contributed by atoms with E-state index in [2.05, 4.69) is 9.47 Å². The monoisotopic (exact) mass is 356 g/mol. The molecule has 0 radical (unpaired) electrons. The second-order valence-corrected chi connectivity index (χ2v) is 6.95. The van der Waals surface area contributed by atoms with Crippen LogP contribution in [-0.4, -0.2) is 26.2 Å². The molecule has 0 N–H and O–H groups in total. The molecule has 0 aliphatic carbocycles. The maximum absolute atomic E-state index is 11.0. The van der Waals surface area contributed by atoms with Gasteiger partial charge in [-0.15, -0.1) is 0 Å². The molecular formula is C21H40O4. The summed E-state index contributed by atoms with van der Waals surface area (Å²) >= 11 is 0. The SMILES string of the molecule is COC(=O)CCCCCCCCCCCCCCCCCCOC=O. The summed E-state index contributed by atoms with van der Waals surface area (Å²) in [5, 5.41) is 0. The van der Waals surface area contributed by atoms with E-state index in [1.165, 1.54) is 90.6 Å². The average molecular weight is 357 g/mol. The van der Waals surface area contributed by atoms with Crippen molar-refractivity contribution in [3.63, 3.8) is 0 Å². The summed E-state index contributed by atoms with van der Waals surface area (Å²) in [4.78, 5) is 20.9. The molecule has 25 heavy (non-hydrogen) atoms. The molecular weight excluding hydrogens is 316 g/mol. The van der Waals surface area contributed by atoms with Crippen molar-refractivity contribution in [2.75, 3.05) is 13.7 Å². The number of rotatable bonds is 20. The van der Waals surface area contributed by atoms with Gasteiger partial charge in [0.2, 0.25) is 0 Å². The molecule has 0 aliphatic rings. The summed E-state index contributed by atoms with van der Waals surface area (Å²) in [6.45, 7) is 1.12. The summed E-state index contributed by atoms with van der Waals surface area (Å²) in [5.74, 6) is -0.0795. The number of hydrogen-bond donors (Lipinski definition) is 0. The van der Waals surface area contributed by atoms with Crippen LogP contribution >= 0.6 is 0 Å². The summed E-state index contributed by atoms with van der Waals surface area (Å²) in [7, 11) is 1.46. The highest BCUT2D eigenvalue weighted by Crippen LogP contribution is 2.14.